The Hall–Kier alpha value is -0.950. The first kappa shape index (κ1) is 16.4. The highest BCUT2D eigenvalue weighted by Gasteiger charge is 2.56. The van der Waals surface area contributed by atoms with Gasteiger partial charge in [0.25, 0.3) is 0 Å². The maximum Gasteiger partial charge on any atom is 0.243 e. The molecule has 0 radical (unpaired) electrons. The van der Waals surface area contributed by atoms with E-state index in [-0.39, 0.29) is 6.04 Å². The van der Waals surface area contributed by atoms with Crippen molar-refractivity contribution >= 4 is 10.0 Å². The van der Waals surface area contributed by atoms with Crippen LogP contribution in [0.3, 0.4) is 0 Å². The Morgan fingerprint density at radius 3 is 2.19 bits per heavy atom. The lowest BCUT2D eigenvalue weighted by molar-refractivity contribution is -0.223. The summed E-state index contributed by atoms with van der Waals surface area (Å²) in [6.07, 6.45) is 0. The van der Waals surface area contributed by atoms with Gasteiger partial charge in [0.2, 0.25) is 10.0 Å². The van der Waals surface area contributed by atoms with Gasteiger partial charge < -0.3 is 9.47 Å². The van der Waals surface area contributed by atoms with E-state index >= 15 is 0 Å². The monoisotopic (exact) mass is 313 g/mol. The molecule has 0 N–H and O–H groups in total. The highest BCUT2D eigenvalue weighted by Crippen LogP contribution is 2.37. The summed E-state index contributed by atoms with van der Waals surface area (Å²) in [5, 5.41) is 0. The van der Waals surface area contributed by atoms with Crippen molar-refractivity contribution in [2.24, 2.45) is 0 Å². The molecule has 0 saturated carbocycles. The molecule has 0 aliphatic carbocycles. The quantitative estimate of drug-likeness (QED) is 0.572. The van der Waals surface area contributed by atoms with Gasteiger partial charge in [-0.25, -0.2) is 8.42 Å². The van der Waals surface area contributed by atoms with Crippen LogP contribution in [-0.4, -0.2) is 44.3 Å². The lowest BCUT2D eigenvalue weighted by atomic mass is 10.2. The molecule has 0 bridgehead atoms. The van der Waals surface area contributed by atoms with Gasteiger partial charge in [0, 0.05) is 19.8 Å². The Labute approximate surface area is 126 Å². The second-order valence-corrected chi connectivity index (χ2v) is 7.18. The van der Waals surface area contributed by atoms with Crippen molar-refractivity contribution in [2.45, 2.75) is 44.4 Å². The molecule has 2 atom stereocenters. The summed E-state index contributed by atoms with van der Waals surface area (Å²) >= 11 is 0. The summed E-state index contributed by atoms with van der Waals surface area (Å²) in [6, 6.07) is 6.60. The minimum Gasteiger partial charge on any atom is -0.349 e. The van der Waals surface area contributed by atoms with Crippen LogP contribution in [-0.2, 0) is 19.5 Å². The zero-order chi connectivity index (χ0) is 15.7. The number of hydrogen-bond acceptors (Lipinski definition) is 4. The van der Waals surface area contributed by atoms with E-state index in [9.17, 15) is 8.42 Å². The molecule has 1 aliphatic heterocycles. The number of benzene rings is 1. The lowest BCUT2D eigenvalue weighted by Crippen LogP contribution is -2.41. The maximum atomic E-state index is 12.6. The normalized spacial score (nSPS) is 22.3. The third-order valence-corrected chi connectivity index (χ3v) is 5.55. The highest BCUT2D eigenvalue weighted by molar-refractivity contribution is 7.89. The highest BCUT2D eigenvalue weighted by atomic mass is 32.2. The lowest BCUT2D eigenvalue weighted by Gasteiger charge is -2.29. The van der Waals surface area contributed by atoms with Crippen molar-refractivity contribution in [1.29, 1.82) is 0 Å². The van der Waals surface area contributed by atoms with Crippen LogP contribution < -0.4 is 0 Å². The number of nitrogens with zero attached hydrogens (tertiary/aromatic N) is 1. The summed E-state index contributed by atoms with van der Waals surface area (Å²) in [5.41, 5.74) is 1.03. The fraction of sp³-hybridized carbons (Fsp3) is 0.600. The smallest absolute Gasteiger partial charge is 0.243 e. The summed E-state index contributed by atoms with van der Waals surface area (Å²) in [4.78, 5) is 0.311. The first-order valence-electron chi connectivity index (χ1n) is 7.21. The minimum atomic E-state index is -3.48. The molecule has 1 aromatic rings. The molecular formula is C15H23NO4S. The van der Waals surface area contributed by atoms with Gasteiger partial charge in [0.05, 0.1) is 10.9 Å². The maximum absolute atomic E-state index is 12.6. The van der Waals surface area contributed by atoms with Crippen LogP contribution in [0.25, 0.3) is 0 Å². The molecule has 21 heavy (non-hydrogen) atoms. The Balaban J connectivity index is 2.19. The van der Waals surface area contributed by atoms with E-state index in [0.29, 0.717) is 24.7 Å². The Kier molecular flexibility index (Phi) is 4.72. The Bertz CT molecular complexity index is 576. The molecule has 2 rings (SSSR count). The molecule has 1 aliphatic rings. The number of ether oxygens (including phenoxy) is 2. The van der Waals surface area contributed by atoms with E-state index < -0.39 is 15.8 Å². The van der Waals surface area contributed by atoms with Crippen LogP contribution in [0.1, 0.15) is 26.3 Å². The zero-order valence-corrected chi connectivity index (χ0v) is 13.8. The first-order chi connectivity index (χ1) is 9.85. The Morgan fingerprint density at radius 1 is 1.19 bits per heavy atom. The molecule has 1 aromatic carbocycles. The summed E-state index contributed by atoms with van der Waals surface area (Å²) in [6.45, 7) is 8.85. The molecule has 118 valence electrons. The third-order valence-electron chi connectivity index (χ3n) is 3.66. The second-order valence-electron chi connectivity index (χ2n) is 5.29. The second kappa shape index (κ2) is 6.04. The average molecular weight is 313 g/mol. The topological polar surface area (TPSA) is 55.6 Å². The number of aryl methyl sites for hydroxylation is 1. The first-order valence-corrected chi connectivity index (χ1v) is 8.65. The Morgan fingerprint density at radius 2 is 1.71 bits per heavy atom. The van der Waals surface area contributed by atoms with Crippen LogP contribution in [0.5, 0.6) is 0 Å². The molecule has 1 fully saturated rings. The van der Waals surface area contributed by atoms with Gasteiger partial charge in [-0.1, -0.05) is 17.7 Å². The van der Waals surface area contributed by atoms with E-state index in [1.807, 2.05) is 20.8 Å². The number of rotatable bonds is 7. The van der Waals surface area contributed by atoms with E-state index in [1.54, 1.807) is 31.2 Å². The van der Waals surface area contributed by atoms with Crippen LogP contribution in [0.4, 0.5) is 0 Å². The molecule has 5 nitrogen and oxygen atoms in total. The predicted molar refractivity (Wildman–Crippen MR) is 80.5 cm³/mol. The molecular weight excluding hydrogens is 290 g/mol. The van der Waals surface area contributed by atoms with Crippen LogP contribution in [0.2, 0.25) is 0 Å². The minimum absolute atomic E-state index is 0.274. The summed E-state index contributed by atoms with van der Waals surface area (Å²) in [5.74, 6) is -0.888. The summed E-state index contributed by atoms with van der Waals surface area (Å²) < 4.78 is 37.9. The summed E-state index contributed by atoms with van der Waals surface area (Å²) in [7, 11) is -3.48. The fourth-order valence-electron chi connectivity index (χ4n) is 2.47. The van der Waals surface area contributed by atoms with Gasteiger partial charge in [-0.05, 0) is 39.8 Å². The molecule has 0 aromatic heterocycles. The van der Waals surface area contributed by atoms with Gasteiger partial charge in [-0.15, -0.1) is 0 Å². The zero-order valence-electron chi connectivity index (χ0n) is 13.0. The standard InChI is InChI=1S/C15H23NO4S/c1-5-19-15(4,20-6-2)14-11-16(14)21(17,18)13-9-7-12(3)8-10-13/h7-10,14H,5-6,11H2,1-4H3. The van der Waals surface area contributed by atoms with Gasteiger partial charge in [0.15, 0.2) is 5.79 Å². The van der Waals surface area contributed by atoms with E-state index in [2.05, 4.69) is 0 Å². The molecule has 6 heteroatoms. The molecule has 0 spiro atoms. The van der Waals surface area contributed by atoms with Crippen LogP contribution in [0, 0.1) is 6.92 Å². The van der Waals surface area contributed by atoms with Crippen LogP contribution in [0.15, 0.2) is 29.2 Å². The van der Waals surface area contributed by atoms with Gasteiger partial charge in [-0.3, -0.25) is 0 Å². The van der Waals surface area contributed by atoms with Crippen molar-refractivity contribution in [3.63, 3.8) is 0 Å². The van der Waals surface area contributed by atoms with Gasteiger partial charge in [0.1, 0.15) is 0 Å². The average Bonchev–Trinajstić information content (AvgIpc) is 3.21. The number of hydrogen-bond donors (Lipinski definition) is 0. The van der Waals surface area contributed by atoms with Crippen molar-refractivity contribution in [3.05, 3.63) is 29.8 Å². The SMILES string of the molecule is CCOC(C)(OCC)C1CN1S(=O)(=O)c1ccc(C)cc1. The van der Waals surface area contributed by atoms with Crippen molar-refractivity contribution in [1.82, 2.24) is 4.31 Å². The van der Waals surface area contributed by atoms with E-state index in [0.717, 1.165) is 5.56 Å². The molecule has 1 saturated heterocycles. The van der Waals surface area contributed by atoms with Gasteiger partial charge in [-0.2, -0.15) is 4.31 Å². The third kappa shape index (κ3) is 3.29. The van der Waals surface area contributed by atoms with Crippen LogP contribution >= 0.6 is 0 Å². The van der Waals surface area contributed by atoms with Crippen molar-refractivity contribution in [3.8, 4) is 0 Å². The van der Waals surface area contributed by atoms with Gasteiger partial charge >= 0.3 is 0 Å². The largest absolute Gasteiger partial charge is 0.349 e. The number of sulfonamides is 1. The molecule has 2 unspecified atom stereocenters. The van der Waals surface area contributed by atoms with E-state index in [1.165, 1.54) is 4.31 Å². The molecule has 0 amide bonds. The van der Waals surface area contributed by atoms with E-state index in [4.69, 9.17) is 9.47 Å². The van der Waals surface area contributed by atoms with Crippen molar-refractivity contribution in [2.75, 3.05) is 19.8 Å². The fourth-order valence-corrected chi connectivity index (χ4v) is 4.08. The predicted octanol–water partition coefficient (Wildman–Crippen LogP) is 2.16. The van der Waals surface area contributed by atoms with Crippen molar-refractivity contribution < 1.29 is 17.9 Å². The molecule has 1 heterocycles.